The first-order valence-electron chi connectivity index (χ1n) is 10.9. The molecule has 7 nitrogen and oxygen atoms in total. The number of oxazole rings is 1. The molecule has 1 aromatic heterocycles. The van der Waals surface area contributed by atoms with Crippen LogP contribution in [0, 0.1) is 0 Å². The Balaban J connectivity index is 1.44. The van der Waals surface area contributed by atoms with E-state index in [9.17, 15) is 4.79 Å². The number of rotatable bonds is 4. The molecule has 2 aliphatic heterocycles. The van der Waals surface area contributed by atoms with Crippen LogP contribution >= 0.6 is 0 Å². The van der Waals surface area contributed by atoms with Crippen LogP contribution in [-0.2, 0) is 14.0 Å². The third kappa shape index (κ3) is 3.95. The van der Waals surface area contributed by atoms with Crippen molar-refractivity contribution in [3.63, 3.8) is 0 Å². The lowest BCUT2D eigenvalue weighted by atomic mass is 9.79. The van der Waals surface area contributed by atoms with Gasteiger partial charge in [-0.25, -0.2) is 9.78 Å². The van der Waals surface area contributed by atoms with Crippen LogP contribution in [0.15, 0.2) is 22.6 Å². The van der Waals surface area contributed by atoms with Crippen LogP contribution in [0.1, 0.15) is 65.7 Å². The molecule has 0 aliphatic carbocycles. The van der Waals surface area contributed by atoms with Gasteiger partial charge >= 0.3 is 13.2 Å². The average molecular weight is 414 g/mol. The maximum absolute atomic E-state index is 12.0. The number of benzene rings is 1. The summed E-state index contributed by atoms with van der Waals surface area (Å²) in [5.74, 6) is 0.936. The molecule has 2 aliphatic rings. The second-order valence-corrected chi connectivity index (χ2v) is 9.24. The zero-order chi connectivity index (χ0) is 21.5. The molecule has 0 radical (unpaired) electrons. The number of hydrogen-bond acceptors (Lipinski definition) is 6. The number of fused-ring (bicyclic) bond motifs is 1. The van der Waals surface area contributed by atoms with Crippen molar-refractivity contribution in [2.45, 2.75) is 71.0 Å². The monoisotopic (exact) mass is 414 g/mol. The van der Waals surface area contributed by atoms with E-state index in [1.54, 1.807) is 4.90 Å². The van der Waals surface area contributed by atoms with E-state index in [2.05, 4.69) is 0 Å². The summed E-state index contributed by atoms with van der Waals surface area (Å²) < 4.78 is 23.6. The Morgan fingerprint density at radius 3 is 2.50 bits per heavy atom. The van der Waals surface area contributed by atoms with Gasteiger partial charge in [0.15, 0.2) is 11.5 Å². The molecule has 8 heteroatoms. The number of hydrogen-bond donors (Lipinski definition) is 0. The van der Waals surface area contributed by atoms with Crippen LogP contribution in [0.3, 0.4) is 0 Å². The topological polar surface area (TPSA) is 74.0 Å². The van der Waals surface area contributed by atoms with Gasteiger partial charge in [-0.1, -0.05) is 13.0 Å². The highest BCUT2D eigenvalue weighted by Gasteiger charge is 2.51. The number of amides is 1. The minimum atomic E-state index is -0.420. The molecule has 30 heavy (non-hydrogen) atoms. The molecule has 0 bridgehead atoms. The summed E-state index contributed by atoms with van der Waals surface area (Å²) in [5, 5.41) is 0. The van der Waals surface area contributed by atoms with Crippen LogP contribution in [0.4, 0.5) is 4.79 Å². The van der Waals surface area contributed by atoms with Gasteiger partial charge in [-0.05, 0) is 64.6 Å². The quantitative estimate of drug-likeness (QED) is 0.708. The van der Waals surface area contributed by atoms with Crippen molar-refractivity contribution in [2.24, 2.45) is 0 Å². The first-order chi connectivity index (χ1) is 14.2. The Kier molecular flexibility index (Phi) is 5.57. The van der Waals surface area contributed by atoms with E-state index in [1.807, 2.05) is 52.8 Å². The van der Waals surface area contributed by atoms with Crippen LogP contribution < -0.4 is 5.46 Å². The Hall–Kier alpha value is -2.06. The molecule has 2 fully saturated rings. The molecule has 0 spiro atoms. The molecule has 0 atom stereocenters. The van der Waals surface area contributed by atoms with Gasteiger partial charge in [0.1, 0.15) is 5.52 Å². The van der Waals surface area contributed by atoms with E-state index in [1.165, 1.54) is 0 Å². The lowest BCUT2D eigenvalue weighted by Gasteiger charge is -2.32. The largest absolute Gasteiger partial charge is 0.494 e. The van der Waals surface area contributed by atoms with Crippen LogP contribution in [0.25, 0.3) is 11.1 Å². The van der Waals surface area contributed by atoms with Gasteiger partial charge in [0, 0.05) is 19.0 Å². The maximum atomic E-state index is 12.0. The maximum Gasteiger partial charge on any atom is 0.494 e. The molecule has 2 saturated heterocycles. The predicted molar refractivity (Wildman–Crippen MR) is 115 cm³/mol. The minimum Gasteiger partial charge on any atom is -0.449 e. The van der Waals surface area contributed by atoms with Gasteiger partial charge in [0.2, 0.25) is 0 Å². The first kappa shape index (κ1) is 21.2. The van der Waals surface area contributed by atoms with Gasteiger partial charge < -0.3 is 23.4 Å². The number of aromatic nitrogens is 1. The van der Waals surface area contributed by atoms with Crippen LogP contribution in [0.2, 0.25) is 0 Å². The van der Waals surface area contributed by atoms with Crippen molar-refractivity contribution in [1.82, 2.24) is 9.88 Å². The average Bonchev–Trinajstić information content (AvgIpc) is 3.23. The second kappa shape index (κ2) is 7.89. The summed E-state index contributed by atoms with van der Waals surface area (Å²) in [7, 11) is -0.420. The standard InChI is InChI=1S/C22H31BN2O5/c1-6-13-27-20(26)25-11-9-15(10-12-25)19-24-17-14-16(7-8-18(17)28-19)23-29-21(2,3)22(4,5)30-23/h7-8,14-15H,6,9-13H2,1-5H3. The molecular formula is C22H31BN2O5. The van der Waals surface area contributed by atoms with Gasteiger partial charge in [0.25, 0.3) is 0 Å². The fourth-order valence-corrected chi connectivity index (χ4v) is 3.85. The van der Waals surface area contributed by atoms with Crippen molar-refractivity contribution in [1.29, 1.82) is 0 Å². The summed E-state index contributed by atoms with van der Waals surface area (Å²) in [5.41, 5.74) is 1.74. The number of carbonyl (C=O) groups excluding carboxylic acids is 1. The van der Waals surface area contributed by atoms with E-state index in [0.29, 0.717) is 19.7 Å². The van der Waals surface area contributed by atoms with E-state index < -0.39 is 7.12 Å². The number of nitrogens with zero attached hydrogens (tertiary/aromatic N) is 2. The molecule has 0 saturated carbocycles. The van der Waals surface area contributed by atoms with Crippen molar-refractivity contribution in [3.8, 4) is 0 Å². The summed E-state index contributed by atoms with van der Waals surface area (Å²) in [6.45, 7) is 12.0. The summed E-state index contributed by atoms with van der Waals surface area (Å²) in [6.07, 6.45) is 2.25. The molecule has 0 unspecified atom stereocenters. The van der Waals surface area contributed by atoms with Crippen molar-refractivity contribution in [2.75, 3.05) is 19.7 Å². The summed E-state index contributed by atoms with van der Waals surface area (Å²) in [6, 6.07) is 5.90. The number of carbonyl (C=O) groups is 1. The van der Waals surface area contributed by atoms with Gasteiger partial charge in [-0.3, -0.25) is 0 Å². The molecule has 2 aromatic rings. The van der Waals surface area contributed by atoms with E-state index in [-0.39, 0.29) is 23.2 Å². The van der Waals surface area contributed by atoms with Gasteiger partial charge in [-0.15, -0.1) is 0 Å². The SMILES string of the molecule is CCCOC(=O)N1CCC(c2nc3cc(B4OC(C)(C)C(C)(C)O4)ccc3o2)CC1. The molecule has 162 valence electrons. The molecular weight excluding hydrogens is 383 g/mol. The normalized spacial score (nSPS) is 21.4. The highest BCUT2D eigenvalue weighted by atomic mass is 16.7. The summed E-state index contributed by atoms with van der Waals surface area (Å²) >= 11 is 0. The van der Waals surface area contributed by atoms with Gasteiger partial charge in [0.05, 0.1) is 17.8 Å². The number of piperidine rings is 1. The van der Waals surface area contributed by atoms with Gasteiger partial charge in [-0.2, -0.15) is 0 Å². The van der Waals surface area contributed by atoms with E-state index >= 15 is 0 Å². The zero-order valence-corrected chi connectivity index (χ0v) is 18.6. The lowest BCUT2D eigenvalue weighted by molar-refractivity contribution is 0.00578. The molecule has 4 rings (SSSR count). The highest BCUT2D eigenvalue weighted by molar-refractivity contribution is 6.62. The third-order valence-corrected chi connectivity index (χ3v) is 6.49. The summed E-state index contributed by atoms with van der Waals surface area (Å²) in [4.78, 5) is 18.6. The first-order valence-corrected chi connectivity index (χ1v) is 10.9. The molecule has 1 amide bonds. The minimum absolute atomic E-state index is 0.202. The van der Waals surface area contributed by atoms with Crippen LogP contribution in [-0.4, -0.2) is 54.0 Å². The molecule has 0 N–H and O–H groups in total. The Labute approximate surface area is 178 Å². The second-order valence-electron chi connectivity index (χ2n) is 9.24. The third-order valence-electron chi connectivity index (χ3n) is 6.49. The van der Waals surface area contributed by atoms with Crippen LogP contribution in [0.5, 0.6) is 0 Å². The zero-order valence-electron chi connectivity index (χ0n) is 18.6. The van der Waals surface area contributed by atoms with Crippen molar-refractivity contribution in [3.05, 3.63) is 24.1 Å². The van der Waals surface area contributed by atoms with Crippen molar-refractivity contribution >= 4 is 29.8 Å². The Morgan fingerprint density at radius 1 is 1.20 bits per heavy atom. The van der Waals surface area contributed by atoms with E-state index in [0.717, 1.165) is 41.7 Å². The lowest BCUT2D eigenvalue weighted by Crippen LogP contribution is -2.41. The smallest absolute Gasteiger partial charge is 0.449 e. The Bertz CT molecular complexity index is 901. The highest BCUT2D eigenvalue weighted by Crippen LogP contribution is 2.37. The van der Waals surface area contributed by atoms with Crippen molar-refractivity contribution < 1.29 is 23.3 Å². The molecule has 1 aromatic carbocycles. The number of ether oxygens (including phenoxy) is 1. The Morgan fingerprint density at radius 2 is 1.87 bits per heavy atom. The fourth-order valence-electron chi connectivity index (χ4n) is 3.85. The fraction of sp³-hybridized carbons (Fsp3) is 0.636. The predicted octanol–water partition coefficient (Wildman–Crippen LogP) is 3.85. The van der Waals surface area contributed by atoms with E-state index in [4.69, 9.17) is 23.4 Å². The molecule has 3 heterocycles. The number of likely N-dealkylation sites (tertiary alicyclic amines) is 1.